The van der Waals surface area contributed by atoms with Crippen molar-refractivity contribution in [2.45, 2.75) is 38.1 Å². The first kappa shape index (κ1) is 23.6. The van der Waals surface area contributed by atoms with Crippen LogP contribution in [0.15, 0.2) is 41.3 Å². The molecular weight excluding hydrogens is 436 g/mol. The van der Waals surface area contributed by atoms with Gasteiger partial charge in [-0.05, 0) is 31.9 Å². The highest BCUT2D eigenvalue weighted by atomic mass is 16.5. The molecule has 34 heavy (non-hydrogen) atoms. The first-order chi connectivity index (χ1) is 16.7. The predicted molar refractivity (Wildman–Crippen MR) is 124 cm³/mol. The smallest absolute Gasteiger partial charge is 0.230 e. The SMILES string of the molecule is COc1cccc(CN2CCCC(c3nc(-c4cnccn4)no3)CCNC(=O)CC2)c1OC. The fourth-order valence-electron chi connectivity index (χ4n) is 4.20. The molecule has 1 amide bonds. The van der Waals surface area contributed by atoms with E-state index in [2.05, 4.69) is 30.3 Å². The maximum Gasteiger partial charge on any atom is 0.230 e. The van der Waals surface area contributed by atoms with Crippen LogP contribution in [0.1, 0.15) is 43.1 Å². The molecule has 1 atom stereocenters. The van der Waals surface area contributed by atoms with Crippen molar-refractivity contribution in [3.8, 4) is 23.0 Å². The second kappa shape index (κ2) is 11.6. The Hall–Kier alpha value is -3.53. The number of hydrogen-bond acceptors (Lipinski definition) is 9. The van der Waals surface area contributed by atoms with Crippen LogP contribution in [-0.2, 0) is 11.3 Å². The highest BCUT2D eigenvalue weighted by molar-refractivity contribution is 5.76. The number of carbonyl (C=O) groups is 1. The second-order valence-electron chi connectivity index (χ2n) is 8.20. The maximum absolute atomic E-state index is 12.4. The van der Waals surface area contributed by atoms with Crippen LogP contribution in [0.2, 0.25) is 0 Å². The van der Waals surface area contributed by atoms with Gasteiger partial charge in [-0.15, -0.1) is 0 Å². The third kappa shape index (κ3) is 5.88. The van der Waals surface area contributed by atoms with Gasteiger partial charge >= 0.3 is 0 Å². The first-order valence-corrected chi connectivity index (χ1v) is 11.5. The Labute approximate surface area is 198 Å². The average molecular weight is 467 g/mol. The van der Waals surface area contributed by atoms with Crippen molar-refractivity contribution in [1.29, 1.82) is 0 Å². The zero-order valence-electron chi connectivity index (χ0n) is 19.6. The van der Waals surface area contributed by atoms with Crippen molar-refractivity contribution >= 4 is 5.91 Å². The Kier molecular flexibility index (Phi) is 8.03. The van der Waals surface area contributed by atoms with Crippen LogP contribution in [0.5, 0.6) is 11.5 Å². The van der Waals surface area contributed by atoms with Gasteiger partial charge < -0.3 is 19.3 Å². The van der Waals surface area contributed by atoms with Crippen LogP contribution in [0.3, 0.4) is 0 Å². The van der Waals surface area contributed by atoms with Crippen molar-refractivity contribution in [3.05, 3.63) is 48.2 Å². The molecule has 4 rings (SSSR count). The van der Waals surface area contributed by atoms with E-state index in [1.165, 1.54) is 0 Å². The Bertz CT molecular complexity index is 1070. The van der Waals surface area contributed by atoms with Gasteiger partial charge in [-0.2, -0.15) is 4.98 Å². The zero-order valence-corrected chi connectivity index (χ0v) is 19.6. The Morgan fingerprint density at radius 3 is 2.88 bits per heavy atom. The summed E-state index contributed by atoms with van der Waals surface area (Å²) < 4.78 is 16.6. The summed E-state index contributed by atoms with van der Waals surface area (Å²) in [5.74, 6) is 2.50. The second-order valence-corrected chi connectivity index (χ2v) is 8.20. The van der Waals surface area contributed by atoms with Gasteiger partial charge in [0.15, 0.2) is 11.5 Å². The number of benzene rings is 1. The summed E-state index contributed by atoms with van der Waals surface area (Å²) in [5.41, 5.74) is 1.60. The maximum atomic E-state index is 12.4. The van der Waals surface area contributed by atoms with Crippen molar-refractivity contribution in [2.24, 2.45) is 0 Å². The molecule has 2 aromatic heterocycles. The lowest BCUT2D eigenvalue weighted by Crippen LogP contribution is -2.31. The molecule has 1 aliphatic rings. The van der Waals surface area contributed by atoms with Crippen molar-refractivity contribution in [1.82, 2.24) is 30.3 Å². The third-order valence-electron chi connectivity index (χ3n) is 5.96. The summed E-state index contributed by atoms with van der Waals surface area (Å²) >= 11 is 0. The van der Waals surface area contributed by atoms with Crippen LogP contribution in [0.25, 0.3) is 11.5 Å². The molecule has 3 heterocycles. The molecule has 1 aliphatic heterocycles. The summed E-state index contributed by atoms with van der Waals surface area (Å²) in [4.78, 5) is 27.6. The van der Waals surface area contributed by atoms with Gasteiger partial charge in [-0.3, -0.25) is 14.7 Å². The number of hydrogen-bond donors (Lipinski definition) is 1. The highest BCUT2D eigenvalue weighted by Crippen LogP contribution is 2.32. The normalized spacial score (nSPS) is 18.1. The Morgan fingerprint density at radius 2 is 2.09 bits per heavy atom. The van der Waals surface area contributed by atoms with E-state index in [9.17, 15) is 4.79 Å². The monoisotopic (exact) mass is 466 g/mol. The molecule has 0 radical (unpaired) electrons. The number of methoxy groups -OCH3 is 2. The lowest BCUT2D eigenvalue weighted by atomic mass is 9.99. The molecule has 1 fully saturated rings. The van der Waals surface area contributed by atoms with Gasteiger partial charge in [-0.1, -0.05) is 17.3 Å². The average Bonchev–Trinajstić information content (AvgIpc) is 3.35. The lowest BCUT2D eigenvalue weighted by Gasteiger charge is -2.24. The van der Waals surface area contributed by atoms with Crippen LogP contribution in [-0.4, -0.2) is 64.8 Å². The Balaban J connectivity index is 1.47. The quantitative estimate of drug-likeness (QED) is 0.585. The fourth-order valence-corrected chi connectivity index (χ4v) is 4.20. The van der Waals surface area contributed by atoms with E-state index in [-0.39, 0.29) is 11.8 Å². The number of amides is 1. The van der Waals surface area contributed by atoms with Crippen LogP contribution in [0, 0.1) is 0 Å². The molecule has 0 spiro atoms. The number of ether oxygens (including phenoxy) is 2. The first-order valence-electron chi connectivity index (χ1n) is 11.5. The van der Waals surface area contributed by atoms with Crippen molar-refractivity contribution < 1.29 is 18.8 Å². The number of rotatable bonds is 6. The molecule has 3 aromatic rings. The minimum atomic E-state index is 0.0361. The predicted octanol–water partition coefficient (Wildman–Crippen LogP) is 2.82. The van der Waals surface area contributed by atoms with Crippen LogP contribution < -0.4 is 14.8 Å². The molecule has 0 aliphatic carbocycles. The Morgan fingerprint density at radius 1 is 1.18 bits per heavy atom. The topological polar surface area (TPSA) is 116 Å². The number of carbonyl (C=O) groups excluding carboxylic acids is 1. The number of nitrogens with one attached hydrogen (secondary N) is 1. The van der Waals surface area contributed by atoms with Gasteiger partial charge in [0.25, 0.3) is 0 Å². The molecular formula is C24H30N6O4. The van der Waals surface area contributed by atoms with E-state index < -0.39 is 0 Å². The van der Waals surface area contributed by atoms with Crippen molar-refractivity contribution in [2.75, 3.05) is 33.9 Å². The number of para-hydroxylation sites is 1. The molecule has 180 valence electrons. The summed E-state index contributed by atoms with van der Waals surface area (Å²) in [6, 6.07) is 5.87. The molecule has 0 saturated carbocycles. The van der Waals surface area contributed by atoms with Crippen LogP contribution >= 0.6 is 0 Å². The molecule has 1 saturated heterocycles. The van der Waals surface area contributed by atoms with Crippen LogP contribution in [0.4, 0.5) is 0 Å². The van der Waals surface area contributed by atoms with E-state index in [0.717, 1.165) is 37.1 Å². The van der Waals surface area contributed by atoms with E-state index in [0.29, 0.717) is 49.2 Å². The standard InChI is InChI=1S/C24H30N6O4/c1-32-20-7-3-5-18(22(20)33-2)16-30-13-4-6-17(8-10-27-21(31)9-14-30)24-28-23(29-34-24)19-15-25-11-12-26-19/h3,5,7,11-12,15,17H,4,6,8-10,13-14,16H2,1-2H3,(H,27,31). The molecule has 1 unspecified atom stereocenters. The summed E-state index contributed by atoms with van der Waals surface area (Å²) in [5, 5.41) is 7.11. The van der Waals surface area contributed by atoms with E-state index in [1.807, 2.05) is 18.2 Å². The summed E-state index contributed by atoms with van der Waals surface area (Å²) in [7, 11) is 3.28. The van der Waals surface area contributed by atoms with E-state index in [4.69, 9.17) is 14.0 Å². The zero-order chi connectivity index (χ0) is 23.8. The third-order valence-corrected chi connectivity index (χ3v) is 5.96. The van der Waals surface area contributed by atoms with Gasteiger partial charge in [0.1, 0.15) is 5.69 Å². The van der Waals surface area contributed by atoms with Crippen molar-refractivity contribution in [3.63, 3.8) is 0 Å². The fraction of sp³-hybridized carbons (Fsp3) is 0.458. The van der Waals surface area contributed by atoms with Gasteiger partial charge in [-0.25, -0.2) is 4.98 Å². The lowest BCUT2D eigenvalue weighted by molar-refractivity contribution is -0.121. The number of aromatic nitrogens is 4. The van der Waals surface area contributed by atoms with Gasteiger partial charge in [0.2, 0.25) is 17.6 Å². The largest absolute Gasteiger partial charge is 0.493 e. The molecule has 10 nitrogen and oxygen atoms in total. The molecule has 0 bridgehead atoms. The molecule has 10 heteroatoms. The van der Waals surface area contributed by atoms with Gasteiger partial charge in [0.05, 0.1) is 20.4 Å². The summed E-state index contributed by atoms with van der Waals surface area (Å²) in [6.45, 7) is 2.72. The molecule has 1 aromatic carbocycles. The number of nitrogens with zero attached hydrogens (tertiary/aromatic N) is 5. The minimum absolute atomic E-state index is 0.0361. The van der Waals surface area contributed by atoms with E-state index >= 15 is 0 Å². The molecule has 1 N–H and O–H groups in total. The highest BCUT2D eigenvalue weighted by Gasteiger charge is 2.22. The summed E-state index contributed by atoms with van der Waals surface area (Å²) in [6.07, 6.45) is 7.77. The van der Waals surface area contributed by atoms with E-state index in [1.54, 1.807) is 32.8 Å². The van der Waals surface area contributed by atoms with Gasteiger partial charge in [0, 0.05) is 49.9 Å². The minimum Gasteiger partial charge on any atom is -0.493 e.